The first-order chi connectivity index (χ1) is 14.1. The van der Waals surface area contributed by atoms with Crippen LogP contribution in [0.5, 0.6) is 0 Å². The lowest BCUT2D eigenvalue weighted by Crippen LogP contribution is -2.20. The molecule has 0 radical (unpaired) electrons. The van der Waals surface area contributed by atoms with E-state index in [1.165, 1.54) is 18.3 Å². The zero-order valence-corrected chi connectivity index (χ0v) is 15.9. The standard InChI is InChI=1S/C20H17F3N4O3/c1-11-8-15(6-7-17(11)27-18(28)16-10-24-30-12(16)2)26-19(29)25-14-5-3-4-13(9-14)20(21,22)23/h3-10H,1-2H3,(H,27,28)(H2,25,26,29). The van der Waals surface area contributed by atoms with Crippen LogP contribution >= 0.6 is 0 Å². The molecule has 2 aromatic carbocycles. The summed E-state index contributed by atoms with van der Waals surface area (Å²) in [6, 6.07) is 8.37. The van der Waals surface area contributed by atoms with Crippen LogP contribution in [0.4, 0.5) is 35.0 Å². The minimum absolute atomic E-state index is 0.00650. The minimum Gasteiger partial charge on any atom is -0.361 e. The van der Waals surface area contributed by atoms with Crippen molar-refractivity contribution in [2.75, 3.05) is 16.0 Å². The third kappa shape index (κ3) is 4.96. The summed E-state index contributed by atoms with van der Waals surface area (Å²) in [5.74, 6) is -0.00504. The molecular formula is C20H17F3N4O3. The van der Waals surface area contributed by atoms with Gasteiger partial charge in [-0.3, -0.25) is 4.79 Å². The van der Waals surface area contributed by atoms with Crippen molar-refractivity contribution in [3.8, 4) is 0 Å². The van der Waals surface area contributed by atoms with E-state index in [9.17, 15) is 22.8 Å². The second kappa shape index (κ2) is 8.27. The van der Waals surface area contributed by atoms with Crippen LogP contribution < -0.4 is 16.0 Å². The van der Waals surface area contributed by atoms with Gasteiger partial charge in [-0.15, -0.1) is 0 Å². The zero-order chi connectivity index (χ0) is 21.9. The summed E-state index contributed by atoms with van der Waals surface area (Å²) < 4.78 is 43.2. The van der Waals surface area contributed by atoms with Gasteiger partial charge in [-0.25, -0.2) is 4.79 Å². The molecule has 1 aromatic heterocycles. The number of aromatic nitrogens is 1. The van der Waals surface area contributed by atoms with E-state index in [1.54, 1.807) is 32.0 Å². The topological polar surface area (TPSA) is 96.3 Å². The van der Waals surface area contributed by atoms with E-state index in [1.807, 2.05) is 0 Å². The van der Waals surface area contributed by atoms with Crippen molar-refractivity contribution in [1.82, 2.24) is 5.16 Å². The number of nitrogens with one attached hydrogen (secondary N) is 3. The molecule has 3 amide bonds. The number of amides is 3. The molecule has 0 bridgehead atoms. The van der Waals surface area contributed by atoms with Crippen molar-refractivity contribution in [2.24, 2.45) is 0 Å². The van der Waals surface area contributed by atoms with E-state index in [0.717, 1.165) is 12.1 Å². The predicted octanol–water partition coefficient (Wildman–Crippen LogP) is 5.21. The summed E-state index contributed by atoms with van der Waals surface area (Å²) in [4.78, 5) is 24.4. The molecule has 0 spiro atoms. The van der Waals surface area contributed by atoms with Crippen molar-refractivity contribution in [3.63, 3.8) is 0 Å². The number of benzene rings is 2. The van der Waals surface area contributed by atoms with Crippen LogP contribution in [-0.2, 0) is 6.18 Å². The van der Waals surface area contributed by atoms with E-state index >= 15 is 0 Å². The van der Waals surface area contributed by atoms with Crippen LogP contribution in [0.3, 0.4) is 0 Å². The van der Waals surface area contributed by atoms with Gasteiger partial charge in [0.05, 0.1) is 11.8 Å². The molecule has 3 aromatic rings. The van der Waals surface area contributed by atoms with Gasteiger partial charge in [-0.1, -0.05) is 11.2 Å². The smallest absolute Gasteiger partial charge is 0.361 e. The van der Waals surface area contributed by atoms with Crippen molar-refractivity contribution in [3.05, 3.63) is 71.1 Å². The summed E-state index contributed by atoms with van der Waals surface area (Å²) in [6.07, 6.45) is -3.19. The predicted molar refractivity (Wildman–Crippen MR) is 104 cm³/mol. The summed E-state index contributed by atoms with van der Waals surface area (Å²) in [5, 5.41) is 11.2. The summed E-state index contributed by atoms with van der Waals surface area (Å²) in [5.41, 5.74) is 1.03. The maximum absolute atomic E-state index is 12.8. The number of rotatable bonds is 4. The lowest BCUT2D eigenvalue weighted by Gasteiger charge is -2.12. The van der Waals surface area contributed by atoms with E-state index in [4.69, 9.17) is 4.52 Å². The second-order valence-electron chi connectivity index (χ2n) is 6.44. The van der Waals surface area contributed by atoms with E-state index in [2.05, 4.69) is 21.1 Å². The van der Waals surface area contributed by atoms with Crippen LogP contribution in [0.1, 0.15) is 27.2 Å². The molecule has 7 nitrogen and oxygen atoms in total. The van der Waals surface area contributed by atoms with Gasteiger partial charge in [0.1, 0.15) is 11.3 Å². The Morgan fingerprint density at radius 2 is 1.67 bits per heavy atom. The maximum Gasteiger partial charge on any atom is 0.416 e. The number of carbonyl (C=O) groups is 2. The van der Waals surface area contributed by atoms with E-state index in [0.29, 0.717) is 28.3 Å². The molecule has 0 atom stereocenters. The highest BCUT2D eigenvalue weighted by molar-refractivity contribution is 6.05. The van der Waals surface area contributed by atoms with Gasteiger partial charge in [-0.2, -0.15) is 13.2 Å². The number of urea groups is 1. The molecule has 156 valence electrons. The molecule has 3 N–H and O–H groups in total. The van der Waals surface area contributed by atoms with Crippen molar-refractivity contribution < 1.29 is 27.3 Å². The molecule has 30 heavy (non-hydrogen) atoms. The molecule has 0 saturated carbocycles. The highest BCUT2D eigenvalue weighted by Gasteiger charge is 2.30. The summed E-state index contributed by atoms with van der Waals surface area (Å²) >= 11 is 0. The molecule has 0 fully saturated rings. The molecule has 0 saturated heterocycles. The van der Waals surface area contributed by atoms with Gasteiger partial charge in [0, 0.05) is 17.1 Å². The Hall–Kier alpha value is -3.82. The van der Waals surface area contributed by atoms with Crippen molar-refractivity contribution in [2.45, 2.75) is 20.0 Å². The fourth-order valence-electron chi connectivity index (χ4n) is 2.65. The average molecular weight is 418 g/mol. The summed E-state index contributed by atoms with van der Waals surface area (Å²) in [7, 11) is 0. The molecule has 0 aliphatic heterocycles. The first kappa shape index (κ1) is 20.9. The Labute approximate surface area is 169 Å². The number of hydrogen-bond acceptors (Lipinski definition) is 4. The Morgan fingerprint density at radius 1 is 0.967 bits per heavy atom. The fraction of sp³-hybridized carbons (Fsp3) is 0.150. The van der Waals surface area contributed by atoms with Crippen molar-refractivity contribution >= 4 is 29.0 Å². The lowest BCUT2D eigenvalue weighted by atomic mass is 10.1. The van der Waals surface area contributed by atoms with Gasteiger partial charge >= 0.3 is 12.2 Å². The Morgan fingerprint density at radius 3 is 2.27 bits per heavy atom. The number of halogens is 3. The fourth-order valence-corrected chi connectivity index (χ4v) is 2.65. The zero-order valence-electron chi connectivity index (χ0n) is 15.9. The SMILES string of the molecule is Cc1cc(NC(=O)Nc2cccc(C(F)(F)F)c2)ccc1NC(=O)c1cnoc1C. The van der Waals surface area contributed by atoms with Crippen LogP contribution in [0.2, 0.25) is 0 Å². The molecule has 0 unspecified atom stereocenters. The molecule has 1 heterocycles. The first-order valence-electron chi connectivity index (χ1n) is 8.72. The number of hydrogen-bond donors (Lipinski definition) is 3. The Bertz CT molecular complexity index is 1090. The number of alkyl halides is 3. The van der Waals surface area contributed by atoms with Gasteiger partial charge in [0.2, 0.25) is 0 Å². The highest BCUT2D eigenvalue weighted by Crippen LogP contribution is 2.30. The Kier molecular flexibility index (Phi) is 5.77. The minimum atomic E-state index is -4.50. The molecule has 0 aliphatic carbocycles. The number of nitrogens with zero attached hydrogens (tertiary/aromatic N) is 1. The van der Waals surface area contributed by atoms with Crippen LogP contribution in [-0.4, -0.2) is 17.1 Å². The number of carbonyl (C=O) groups excluding carboxylic acids is 2. The van der Waals surface area contributed by atoms with Gasteiger partial charge < -0.3 is 20.5 Å². The third-order valence-electron chi connectivity index (χ3n) is 4.18. The average Bonchev–Trinajstić information content (AvgIpc) is 3.09. The second-order valence-corrected chi connectivity index (χ2v) is 6.44. The monoisotopic (exact) mass is 418 g/mol. The Balaban J connectivity index is 1.65. The van der Waals surface area contributed by atoms with Crippen LogP contribution in [0, 0.1) is 13.8 Å². The largest absolute Gasteiger partial charge is 0.416 e. The van der Waals surface area contributed by atoms with Gasteiger partial charge in [0.25, 0.3) is 5.91 Å². The van der Waals surface area contributed by atoms with Gasteiger partial charge in [-0.05, 0) is 55.8 Å². The van der Waals surface area contributed by atoms with Crippen molar-refractivity contribution in [1.29, 1.82) is 0 Å². The molecule has 0 aliphatic rings. The first-order valence-corrected chi connectivity index (χ1v) is 8.72. The van der Waals surface area contributed by atoms with Crippen LogP contribution in [0.15, 0.2) is 53.2 Å². The van der Waals surface area contributed by atoms with E-state index in [-0.39, 0.29) is 11.6 Å². The normalized spacial score (nSPS) is 11.1. The molecule has 10 heteroatoms. The lowest BCUT2D eigenvalue weighted by molar-refractivity contribution is -0.137. The van der Waals surface area contributed by atoms with E-state index < -0.39 is 17.8 Å². The highest BCUT2D eigenvalue weighted by atomic mass is 19.4. The maximum atomic E-state index is 12.8. The number of aryl methyl sites for hydroxylation is 2. The third-order valence-corrected chi connectivity index (χ3v) is 4.18. The number of anilines is 3. The quantitative estimate of drug-likeness (QED) is 0.542. The van der Waals surface area contributed by atoms with Crippen LogP contribution in [0.25, 0.3) is 0 Å². The molecule has 3 rings (SSSR count). The summed E-state index contributed by atoms with van der Waals surface area (Å²) in [6.45, 7) is 3.34. The molecular weight excluding hydrogens is 401 g/mol. The van der Waals surface area contributed by atoms with Gasteiger partial charge in [0.15, 0.2) is 0 Å².